The van der Waals surface area contributed by atoms with Gasteiger partial charge < -0.3 is 19.0 Å². The van der Waals surface area contributed by atoms with Crippen molar-refractivity contribution in [1.29, 1.82) is 0 Å². The van der Waals surface area contributed by atoms with Crippen molar-refractivity contribution in [1.82, 2.24) is 9.80 Å². The summed E-state index contributed by atoms with van der Waals surface area (Å²) in [5, 5.41) is 0. The van der Waals surface area contributed by atoms with E-state index in [1.165, 1.54) is 0 Å². The molecule has 2 aliphatic heterocycles. The second kappa shape index (κ2) is 6.74. The number of piperidine rings is 1. The summed E-state index contributed by atoms with van der Waals surface area (Å²) in [5.41, 5.74) is 0.613. The van der Waals surface area contributed by atoms with Gasteiger partial charge in [-0.3, -0.25) is 9.59 Å². The zero-order valence-corrected chi connectivity index (χ0v) is 13.8. The molecule has 1 aromatic rings. The molecule has 0 aliphatic carbocycles. The van der Waals surface area contributed by atoms with Crippen LogP contribution in [0.25, 0.3) is 0 Å². The Morgan fingerprint density at radius 3 is 2.52 bits per heavy atom. The quantitative estimate of drug-likeness (QED) is 0.830. The molecule has 1 unspecified atom stereocenters. The van der Waals surface area contributed by atoms with Crippen molar-refractivity contribution in [2.75, 3.05) is 39.4 Å². The summed E-state index contributed by atoms with van der Waals surface area (Å²) in [6, 6.07) is 1.78. The van der Waals surface area contributed by atoms with Crippen LogP contribution in [0.4, 0.5) is 0 Å². The van der Waals surface area contributed by atoms with Crippen LogP contribution in [0.2, 0.25) is 0 Å². The second-order valence-corrected chi connectivity index (χ2v) is 6.35. The number of hydrogen-bond donors (Lipinski definition) is 0. The molecule has 0 saturated carbocycles. The first-order chi connectivity index (χ1) is 11.1. The van der Waals surface area contributed by atoms with Crippen molar-refractivity contribution >= 4 is 11.8 Å². The molecule has 0 bridgehead atoms. The van der Waals surface area contributed by atoms with E-state index in [2.05, 4.69) is 0 Å². The van der Waals surface area contributed by atoms with Gasteiger partial charge in [-0.1, -0.05) is 0 Å². The van der Waals surface area contributed by atoms with Crippen molar-refractivity contribution in [3.05, 3.63) is 23.2 Å². The van der Waals surface area contributed by atoms with E-state index in [0.29, 0.717) is 50.7 Å². The molecule has 3 heterocycles. The third kappa shape index (κ3) is 3.42. The molecular weight excluding hydrogens is 296 g/mol. The van der Waals surface area contributed by atoms with Gasteiger partial charge in [0.15, 0.2) is 0 Å². The highest BCUT2D eigenvalue weighted by molar-refractivity contribution is 5.95. The third-order valence-electron chi connectivity index (χ3n) is 4.65. The first kappa shape index (κ1) is 16.1. The smallest absolute Gasteiger partial charge is 0.257 e. The molecule has 2 fully saturated rings. The number of nitrogens with zero attached hydrogens (tertiary/aromatic N) is 2. The van der Waals surface area contributed by atoms with Crippen LogP contribution in [0.3, 0.4) is 0 Å². The van der Waals surface area contributed by atoms with Crippen LogP contribution in [0.1, 0.15) is 34.7 Å². The van der Waals surface area contributed by atoms with E-state index in [1.807, 2.05) is 11.8 Å². The Hall–Kier alpha value is -1.82. The maximum Gasteiger partial charge on any atom is 0.257 e. The number of hydrogen-bond acceptors (Lipinski definition) is 4. The van der Waals surface area contributed by atoms with Crippen molar-refractivity contribution in [2.45, 2.75) is 26.7 Å². The zero-order valence-electron chi connectivity index (χ0n) is 13.8. The van der Waals surface area contributed by atoms with E-state index >= 15 is 0 Å². The summed E-state index contributed by atoms with van der Waals surface area (Å²) >= 11 is 0. The van der Waals surface area contributed by atoms with Crippen LogP contribution in [0.15, 0.2) is 10.5 Å². The standard InChI is InChI=1S/C17H24N2O4/c1-12-10-15(13(2)23-12)17(21)19-5-3-4-14(11-19)16(20)18-6-8-22-9-7-18/h10,14H,3-9,11H2,1-2H3. The lowest BCUT2D eigenvalue weighted by Crippen LogP contribution is -2.49. The number of amides is 2. The summed E-state index contributed by atoms with van der Waals surface area (Å²) in [4.78, 5) is 29.0. The molecule has 0 spiro atoms. The molecule has 2 saturated heterocycles. The maximum atomic E-state index is 12.7. The Labute approximate surface area is 136 Å². The summed E-state index contributed by atoms with van der Waals surface area (Å²) < 4.78 is 10.8. The van der Waals surface area contributed by atoms with Gasteiger partial charge in [0.05, 0.1) is 24.7 Å². The first-order valence-electron chi connectivity index (χ1n) is 8.29. The SMILES string of the molecule is Cc1cc(C(=O)N2CCCC(C(=O)N3CCOCC3)C2)c(C)o1. The Morgan fingerprint density at radius 2 is 1.87 bits per heavy atom. The number of rotatable bonds is 2. The monoisotopic (exact) mass is 320 g/mol. The van der Waals surface area contributed by atoms with Crippen LogP contribution in [-0.4, -0.2) is 61.0 Å². The van der Waals surface area contributed by atoms with Crippen LogP contribution in [0.5, 0.6) is 0 Å². The van der Waals surface area contributed by atoms with Crippen LogP contribution >= 0.6 is 0 Å². The molecule has 1 aromatic heterocycles. The number of carbonyl (C=O) groups is 2. The van der Waals surface area contributed by atoms with Gasteiger partial charge in [0.2, 0.25) is 5.91 Å². The average Bonchev–Trinajstić information content (AvgIpc) is 2.93. The Balaban J connectivity index is 1.66. The fraction of sp³-hybridized carbons (Fsp3) is 0.647. The van der Waals surface area contributed by atoms with Crippen molar-refractivity contribution in [3.63, 3.8) is 0 Å². The lowest BCUT2D eigenvalue weighted by Gasteiger charge is -2.36. The van der Waals surface area contributed by atoms with Crippen molar-refractivity contribution in [2.24, 2.45) is 5.92 Å². The fourth-order valence-corrected chi connectivity index (χ4v) is 3.42. The molecule has 0 N–H and O–H groups in total. The third-order valence-corrected chi connectivity index (χ3v) is 4.65. The number of morpholine rings is 1. The van der Waals surface area contributed by atoms with Gasteiger partial charge in [-0.25, -0.2) is 0 Å². The largest absolute Gasteiger partial charge is 0.466 e. The minimum atomic E-state index is -0.0981. The topological polar surface area (TPSA) is 63.0 Å². The molecule has 0 radical (unpaired) electrons. The van der Waals surface area contributed by atoms with Gasteiger partial charge in [-0.05, 0) is 32.8 Å². The van der Waals surface area contributed by atoms with Crippen LogP contribution in [0, 0.1) is 19.8 Å². The van der Waals surface area contributed by atoms with Gasteiger partial charge in [0.1, 0.15) is 11.5 Å². The van der Waals surface area contributed by atoms with E-state index in [0.717, 1.165) is 18.6 Å². The molecule has 0 aromatic carbocycles. The van der Waals surface area contributed by atoms with E-state index < -0.39 is 0 Å². The highest BCUT2D eigenvalue weighted by Gasteiger charge is 2.32. The summed E-state index contributed by atoms with van der Waals surface area (Å²) in [6.45, 7) is 7.37. The predicted molar refractivity (Wildman–Crippen MR) is 84.2 cm³/mol. The van der Waals surface area contributed by atoms with E-state index in [4.69, 9.17) is 9.15 Å². The molecule has 126 valence electrons. The van der Waals surface area contributed by atoms with E-state index in [1.54, 1.807) is 17.9 Å². The Kier molecular flexibility index (Phi) is 4.71. The van der Waals surface area contributed by atoms with Gasteiger partial charge in [-0.15, -0.1) is 0 Å². The summed E-state index contributed by atoms with van der Waals surface area (Å²) in [6.07, 6.45) is 1.71. The molecule has 6 nitrogen and oxygen atoms in total. The first-order valence-corrected chi connectivity index (χ1v) is 8.29. The number of ether oxygens (including phenoxy) is 1. The van der Waals surface area contributed by atoms with E-state index in [9.17, 15) is 9.59 Å². The molecule has 1 atom stereocenters. The molecule has 6 heteroatoms. The lowest BCUT2D eigenvalue weighted by molar-refractivity contribution is -0.141. The highest BCUT2D eigenvalue weighted by atomic mass is 16.5. The Bertz CT molecular complexity index is 589. The van der Waals surface area contributed by atoms with Gasteiger partial charge >= 0.3 is 0 Å². The molecule has 3 rings (SSSR count). The summed E-state index contributed by atoms with van der Waals surface area (Å²) in [7, 11) is 0. The number of furan rings is 1. The van der Waals surface area contributed by atoms with Crippen molar-refractivity contribution in [3.8, 4) is 0 Å². The van der Waals surface area contributed by atoms with Crippen LogP contribution < -0.4 is 0 Å². The fourth-order valence-electron chi connectivity index (χ4n) is 3.42. The number of aryl methyl sites for hydroxylation is 2. The number of likely N-dealkylation sites (tertiary alicyclic amines) is 1. The number of carbonyl (C=O) groups excluding carboxylic acids is 2. The zero-order chi connectivity index (χ0) is 16.4. The molecule has 2 aliphatic rings. The lowest BCUT2D eigenvalue weighted by atomic mass is 9.95. The molecule has 23 heavy (non-hydrogen) atoms. The minimum absolute atomic E-state index is 0.0289. The summed E-state index contributed by atoms with van der Waals surface area (Å²) in [5.74, 6) is 1.42. The average molecular weight is 320 g/mol. The van der Waals surface area contributed by atoms with Crippen LogP contribution in [-0.2, 0) is 9.53 Å². The maximum absolute atomic E-state index is 12.7. The molecular formula is C17H24N2O4. The minimum Gasteiger partial charge on any atom is -0.466 e. The highest BCUT2D eigenvalue weighted by Crippen LogP contribution is 2.23. The van der Waals surface area contributed by atoms with Gasteiger partial charge in [0.25, 0.3) is 5.91 Å². The second-order valence-electron chi connectivity index (χ2n) is 6.35. The predicted octanol–water partition coefficient (Wildman–Crippen LogP) is 1.61. The van der Waals surface area contributed by atoms with Crippen molar-refractivity contribution < 1.29 is 18.7 Å². The van der Waals surface area contributed by atoms with Gasteiger partial charge in [-0.2, -0.15) is 0 Å². The Morgan fingerprint density at radius 1 is 1.13 bits per heavy atom. The van der Waals surface area contributed by atoms with E-state index in [-0.39, 0.29) is 17.7 Å². The normalized spacial score (nSPS) is 22.3. The molecule has 2 amide bonds. The van der Waals surface area contributed by atoms with Gasteiger partial charge in [0, 0.05) is 26.2 Å².